The number of fused-ring (bicyclic) bond motifs is 1. The first kappa shape index (κ1) is 23.7. The normalized spacial score (nSPS) is 16.7. The highest BCUT2D eigenvalue weighted by molar-refractivity contribution is 8.20. The molecule has 0 radical (unpaired) electrons. The van der Waals surface area contributed by atoms with Crippen LogP contribution in [0.25, 0.3) is 33.6 Å². The number of nitrogens with one attached hydrogen (secondary N) is 1. The van der Waals surface area contributed by atoms with Gasteiger partial charge in [0.2, 0.25) is 5.71 Å². The van der Waals surface area contributed by atoms with Crippen molar-refractivity contribution in [3.8, 4) is 28.2 Å². The SMILES string of the molecule is c1ccc(-c2c(-c3ccc(OCCN4CCCC4)cc3)oc3ncnc(NCC4SCCS4)c23)cc1. The van der Waals surface area contributed by atoms with Crippen molar-refractivity contribution in [2.75, 3.05) is 49.6 Å². The molecule has 186 valence electrons. The van der Waals surface area contributed by atoms with Gasteiger partial charge in [0.1, 0.15) is 30.3 Å². The molecule has 0 amide bonds. The maximum atomic E-state index is 6.39. The molecule has 36 heavy (non-hydrogen) atoms. The minimum atomic E-state index is 0.541. The van der Waals surface area contributed by atoms with E-state index in [1.807, 2.05) is 41.7 Å². The molecule has 4 aromatic rings. The highest BCUT2D eigenvalue weighted by atomic mass is 32.2. The van der Waals surface area contributed by atoms with Crippen molar-refractivity contribution >= 4 is 40.4 Å². The highest BCUT2D eigenvalue weighted by Gasteiger charge is 2.23. The van der Waals surface area contributed by atoms with Crippen LogP contribution in [0.15, 0.2) is 65.3 Å². The lowest BCUT2D eigenvalue weighted by Gasteiger charge is -2.15. The Morgan fingerprint density at radius 1 is 0.944 bits per heavy atom. The summed E-state index contributed by atoms with van der Waals surface area (Å²) in [6.45, 7) is 4.93. The maximum absolute atomic E-state index is 6.39. The molecule has 2 aliphatic rings. The van der Waals surface area contributed by atoms with Gasteiger partial charge in [-0.25, -0.2) is 9.97 Å². The van der Waals surface area contributed by atoms with Crippen LogP contribution in [0, 0.1) is 0 Å². The minimum Gasteiger partial charge on any atom is -0.492 e. The van der Waals surface area contributed by atoms with Crippen molar-refractivity contribution in [3.63, 3.8) is 0 Å². The predicted molar refractivity (Wildman–Crippen MR) is 151 cm³/mol. The Balaban J connectivity index is 1.30. The molecule has 0 bridgehead atoms. The Labute approximate surface area is 220 Å². The van der Waals surface area contributed by atoms with Gasteiger partial charge in [-0.2, -0.15) is 0 Å². The number of ether oxygens (including phenoxy) is 1. The summed E-state index contributed by atoms with van der Waals surface area (Å²) in [5, 5.41) is 4.51. The second-order valence-electron chi connectivity index (χ2n) is 9.05. The number of rotatable bonds is 9. The molecule has 2 saturated heterocycles. The highest BCUT2D eigenvalue weighted by Crippen LogP contribution is 2.43. The van der Waals surface area contributed by atoms with Crippen molar-refractivity contribution < 1.29 is 9.15 Å². The van der Waals surface area contributed by atoms with E-state index in [9.17, 15) is 0 Å². The van der Waals surface area contributed by atoms with Gasteiger partial charge in [0.15, 0.2) is 0 Å². The molecular formula is C28H30N4O2S2. The number of nitrogens with zero attached hydrogens (tertiary/aromatic N) is 3. The van der Waals surface area contributed by atoms with Crippen LogP contribution >= 0.6 is 23.5 Å². The fourth-order valence-electron chi connectivity index (χ4n) is 4.86. The van der Waals surface area contributed by atoms with Crippen LogP contribution in [0.5, 0.6) is 5.75 Å². The van der Waals surface area contributed by atoms with Gasteiger partial charge in [0.05, 0.1) is 9.97 Å². The molecular weight excluding hydrogens is 488 g/mol. The van der Waals surface area contributed by atoms with E-state index in [1.165, 1.54) is 37.4 Å². The fraction of sp³-hybridized carbons (Fsp3) is 0.357. The van der Waals surface area contributed by atoms with E-state index in [4.69, 9.17) is 9.15 Å². The number of anilines is 1. The fourth-order valence-corrected chi connectivity index (χ4v) is 7.52. The maximum Gasteiger partial charge on any atom is 0.232 e. The van der Waals surface area contributed by atoms with Gasteiger partial charge in [-0.1, -0.05) is 30.3 Å². The van der Waals surface area contributed by atoms with Crippen LogP contribution in [0.1, 0.15) is 12.8 Å². The summed E-state index contributed by atoms with van der Waals surface area (Å²) < 4.78 is 13.0. The van der Waals surface area contributed by atoms with Gasteiger partial charge in [-0.15, -0.1) is 23.5 Å². The summed E-state index contributed by atoms with van der Waals surface area (Å²) in [5.74, 6) is 4.92. The summed E-state index contributed by atoms with van der Waals surface area (Å²) in [6.07, 6.45) is 4.19. The lowest BCUT2D eigenvalue weighted by molar-refractivity contribution is 0.238. The molecule has 4 heterocycles. The topological polar surface area (TPSA) is 63.4 Å². The molecule has 0 atom stereocenters. The van der Waals surface area contributed by atoms with Crippen molar-refractivity contribution in [1.82, 2.24) is 14.9 Å². The predicted octanol–water partition coefficient (Wildman–Crippen LogP) is 6.25. The number of furan rings is 1. The van der Waals surface area contributed by atoms with Crippen molar-refractivity contribution in [2.45, 2.75) is 17.4 Å². The van der Waals surface area contributed by atoms with E-state index in [2.05, 4.69) is 56.6 Å². The van der Waals surface area contributed by atoms with Gasteiger partial charge >= 0.3 is 0 Å². The quantitative estimate of drug-likeness (QED) is 0.279. The van der Waals surface area contributed by atoms with E-state index >= 15 is 0 Å². The monoisotopic (exact) mass is 518 g/mol. The Kier molecular flexibility index (Phi) is 7.34. The van der Waals surface area contributed by atoms with Crippen LogP contribution in [-0.4, -0.2) is 63.7 Å². The smallest absolute Gasteiger partial charge is 0.232 e. The summed E-state index contributed by atoms with van der Waals surface area (Å²) in [7, 11) is 0. The molecule has 0 spiro atoms. The molecule has 0 unspecified atom stereocenters. The zero-order valence-electron chi connectivity index (χ0n) is 20.2. The van der Waals surface area contributed by atoms with Crippen molar-refractivity contribution in [3.05, 3.63) is 60.9 Å². The van der Waals surface area contributed by atoms with Crippen molar-refractivity contribution in [1.29, 1.82) is 0 Å². The van der Waals surface area contributed by atoms with Crippen LogP contribution in [0.4, 0.5) is 5.82 Å². The summed E-state index contributed by atoms with van der Waals surface area (Å²) >= 11 is 4.01. The van der Waals surface area contributed by atoms with Gasteiger partial charge in [-0.05, 0) is 55.8 Å². The third-order valence-corrected chi connectivity index (χ3v) is 9.70. The van der Waals surface area contributed by atoms with E-state index in [0.717, 1.165) is 52.5 Å². The largest absolute Gasteiger partial charge is 0.492 e. The lowest BCUT2D eigenvalue weighted by Crippen LogP contribution is -2.25. The van der Waals surface area contributed by atoms with E-state index in [-0.39, 0.29) is 0 Å². The molecule has 1 N–H and O–H groups in total. The van der Waals surface area contributed by atoms with E-state index < -0.39 is 0 Å². The molecule has 2 aromatic carbocycles. The number of likely N-dealkylation sites (tertiary alicyclic amines) is 1. The zero-order valence-corrected chi connectivity index (χ0v) is 21.8. The molecule has 6 rings (SSSR count). The number of hydrogen-bond acceptors (Lipinski definition) is 8. The van der Waals surface area contributed by atoms with Crippen LogP contribution in [-0.2, 0) is 0 Å². The number of aromatic nitrogens is 2. The average molecular weight is 519 g/mol. The van der Waals surface area contributed by atoms with Crippen molar-refractivity contribution in [2.24, 2.45) is 0 Å². The molecule has 2 fully saturated rings. The average Bonchev–Trinajstić information content (AvgIpc) is 3.70. The lowest BCUT2D eigenvalue weighted by atomic mass is 9.99. The standard InChI is InChI=1S/C28H30N4O2S2/c1-2-6-20(7-3-1)24-25-27(29-18-23-35-16-17-36-23)30-19-31-28(25)34-26(24)21-8-10-22(11-9-21)33-15-14-32-12-4-5-13-32/h1-3,6-11,19,23H,4-5,12-18H2,(H,29,30,31). The first-order valence-corrected chi connectivity index (χ1v) is 14.7. The Morgan fingerprint density at radius 2 is 1.72 bits per heavy atom. The van der Waals surface area contributed by atoms with Crippen LogP contribution < -0.4 is 10.1 Å². The van der Waals surface area contributed by atoms with Gasteiger partial charge in [-0.3, -0.25) is 4.90 Å². The Hall–Kier alpha value is -2.68. The van der Waals surface area contributed by atoms with Crippen LogP contribution in [0.3, 0.4) is 0 Å². The Bertz CT molecular complexity index is 1280. The minimum absolute atomic E-state index is 0.541. The number of hydrogen-bond donors (Lipinski definition) is 1. The van der Waals surface area contributed by atoms with E-state index in [0.29, 0.717) is 16.9 Å². The first-order valence-electron chi connectivity index (χ1n) is 12.6. The second-order valence-corrected chi connectivity index (χ2v) is 12.0. The molecule has 8 heteroatoms. The second kappa shape index (κ2) is 11.2. The molecule has 2 aromatic heterocycles. The zero-order chi connectivity index (χ0) is 24.2. The van der Waals surface area contributed by atoms with Gasteiger partial charge < -0.3 is 14.5 Å². The summed E-state index contributed by atoms with van der Waals surface area (Å²) in [5.41, 5.74) is 3.69. The third kappa shape index (κ3) is 5.21. The molecule has 0 aliphatic carbocycles. The Morgan fingerprint density at radius 3 is 2.50 bits per heavy atom. The summed E-state index contributed by atoms with van der Waals surface area (Å²) in [4.78, 5) is 11.6. The van der Waals surface area contributed by atoms with Gasteiger partial charge in [0.25, 0.3) is 0 Å². The molecule has 2 aliphatic heterocycles. The number of thioether (sulfide) groups is 2. The first-order chi connectivity index (χ1) is 17.8. The number of benzene rings is 2. The van der Waals surface area contributed by atoms with Crippen LogP contribution in [0.2, 0.25) is 0 Å². The molecule has 0 saturated carbocycles. The summed E-state index contributed by atoms with van der Waals surface area (Å²) in [6, 6.07) is 18.6. The molecule has 6 nitrogen and oxygen atoms in total. The van der Waals surface area contributed by atoms with Gasteiger partial charge in [0, 0.05) is 35.7 Å². The third-order valence-electron chi connectivity index (χ3n) is 6.67. The van der Waals surface area contributed by atoms with E-state index in [1.54, 1.807) is 6.33 Å².